The molecule has 2 atom stereocenters. The normalized spacial score (nSPS) is 19.4. The number of nitrogens with zero attached hydrogens (tertiary/aromatic N) is 1. The van der Waals surface area contributed by atoms with Gasteiger partial charge in [-0.15, -0.1) is 0 Å². The first-order valence-corrected chi connectivity index (χ1v) is 6.96. The second kappa shape index (κ2) is 6.11. The van der Waals surface area contributed by atoms with E-state index in [9.17, 15) is 14.0 Å². The molecule has 21 heavy (non-hydrogen) atoms. The molecule has 0 bridgehead atoms. The van der Waals surface area contributed by atoms with E-state index in [0.717, 1.165) is 0 Å². The fourth-order valence-corrected chi connectivity index (χ4v) is 2.50. The minimum Gasteiger partial charge on any atom is -0.480 e. The van der Waals surface area contributed by atoms with Crippen LogP contribution in [0.4, 0.5) is 9.18 Å². The van der Waals surface area contributed by atoms with Crippen LogP contribution in [0.3, 0.4) is 0 Å². The summed E-state index contributed by atoms with van der Waals surface area (Å²) in [5, 5.41) is 11.8. The largest absolute Gasteiger partial charge is 0.480 e. The van der Waals surface area contributed by atoms with Gasteiger partial charge in [0.1, 0.15) is 11.9 Å². The van der Waals surface area contributed by atoms with Crippen molar-refractivity contribution in [2.45, 2.75) is 38.8 Å². The van der Waals surface area contributed by atoms with Crippen LogP contribution in [0.15, 0.2) is 18.2 Å². The number of amides is 2. The molecular formula is C15H19FN2O3. The highest BCUT2D eigenvalue weighted by atomic mass is 19.1. The van der Waals surface area contributed by atoms with Crippen LogP contribution < -0.4 is 5.32 Å². The van der Waals surface area contributed by atoms with Gasteiger partial charge in [0.15, 0.2) is 0 Å². The molecule has 1 aromatic carbocycles. The smallest absolute Gasteiger partial charge is 0.326 e. The van der Waals surface area contributed by atoms with Crippen molar-refractivity contribution in [1.82, 2.24) is 10.2 Å². The molecule has 1 heterocycles. The van der Waals surface area contributed by atoms with E-state index >= 15 is 0 Å². The van der Waals surface area contributed by atoms with Crippen LogP contribution in [0.1, 0.15) is 36.9 Å². The average molecular weight is 294 g/mol. The van der Waals surface area contributed by atoms with Crippen LogP contribution in [0.5, 0.6) is 0 Å². The summed E-state index contributed by atoms with van der Waals surface area (Å²) in [6.45, 7) is 3.84. The number of rotatable bonds is 3. The summed E-state index contributed by atoms with van der Waals surface area (Å²) in [5.41, 5.74) is 1.19. The number of carboxylic acid groups (broad SMARTS) is 1. The predicted molar refractivity (Wildman–Crippen MR) is 75.4 cm³/mol. The van der Waals surface area contributed by atoms with E-state index in [0.29, 0.717) is 30.5 Å². The maximum absolute atomic E-state index is 13.5. The van der Waals surface area contributed by atoms with Crippen LogP contribution >= 0.6 is 0 Å². The second-order valence-corrected chi connectivity index (χ2v) is 5.37. The number of likely N-dealkylation sites (tertiary alicyclic amines) is 1. The lowest BCUT2D eigenvalue weighted by molar-refractivity contribution is -0.141. The van der Waals surface area contributed by atoms with Gasteiger partial charge < -0.3 is 15.3 Å². The zero-order chi connectivity index (χ0) is 15.6. The Morgan fingerprint density at radius 2 is 2.19 bits per heavy atom. The topological polar surface area (TPSA) is 69.6 Å². The lowest BCUT2D eigenvalue weighted by Crippen LogP contribution is -2.46. The number of urea groups is 1. The summed E-state index contributed by atoms with van der Waals surface area (Å²) in [6, 6.07) is 3.22. The Morgan fingerprint density at radius 3 is 2.81 bits per heavy atom. The van der Waals surface area contributed by atoms with Gasteiger partial charge in [-0.05, 0) is 43.9 Å². The second-order valence-electron chi connectivity index (χ2n) is 5.37. The Kier molecular flexibility index (Phi) is 4.45. The van der Waals surface area contributed by atoms with Crippen molar-refractivity contribution in [2.24, 2.45) is 0 Å². The molecule has 1 aliphatic heterocycles. The molecule has 5 nitrogen and oxygen atoms in total. The van der Waals surface area contributed by atoms with E-state index in [2.05, 4.69) is 5.32 Å². The number of nitrogens with one attached hydrogen (secondary N) is 1. The molecule has 1 saturated heterocycles. The molecule has 0 aromatic heterocycles. The molecule has 0 radical (unpaired) electrons. The van der Waals surface area contributed by atoms with Gasteiger partial charge in [0, 0.05) is 6.54 Å². The quantitative estimate of drug-likeness (QED) is 0.899. The van der Waals surface area contributed by atoms with E-state index in [-0.39, 0.29) is 11.9 Å². The number of halogens is 1. The number of hydrogen-bond acceptors (Lipinski definition) is 2. The number of aryl methyl sites for hydroxylation is 1. The third-order valence-corrected chi connectivity index (χ3v) is 3.83. The highest BCUT2D eigenvalue weighted by Gasteiger charge is 2.34. The van der Waals surface area contributed by atoms with Gasteiger partial charge in [0.05, 0.1) is 6.04 Å². The van der Waals surface area contributed by atoms with Crippen molar-refractivity contribution >= 4 is 12.0 Å². The Labute approximate surface area is 122 Å². The molecule has 0 saturated carbocycles. The maximum Gasteiger partial charge on any atom is 0.326 e. The van der Waals surface area contributed by atoms with E-state index in [1.54, 1.807) is 26.0 Å². The molecule has 0 aliphatic carbocycles. The average Bonchev–Trinajstić information content (AvgIpc) is 2.91. The van der Waals surface area contributed by atoms with E-state index in [1.165, 1.54) is 11.0 Å². The SMILES string of the molecule is Cc1ccc(C(C)NC(=O)N2CCCC2C(=O)O)cc1F. The van der Waals surface area contributed by atoms with Gasteiger partial charge in [-0.25, -0.2) is 14.0 Å². The van der Waals surface area contributed by atoms with Gasteiger partial charge >= 0.3 is 12.0 Å². The third kappa shape index (κ3) is 3.32. The molecule has 6 heteroatoms. The third-order valence-electron chi connectivity index (χ3n) is 3.83. The van der Waals surface area contributed by atoms with Gasteiger partial charge in [0.25, 0.3) is 0 Å². The minimum absolute atomic E-state index is 0.321. The fourth-order valence-electron chi connectivity index (χ4n) is 2.50. The summed E-state index contributed by atoms with van der Waals surface area (Å²) < 4.78 is 13.5. The standard InChI is InChI=1S/C15H19FN2O3/c1-9-5-6-11(8-12(9)16)10(2)17-15(21)18-7-3-4-13(18)14(19)20/h5-6,8,10,13H,3-4,7H2,1-2H3,(H,17,21)(H,19,20). The summed E-state index contributed by atoms with van der Waals surface area (Å²) in [7, 11) is 0. The number of hydrogen-bond donors (Lipinski definition) is 2. The van der Waals surface area contributed by atoms with Crippen molar-refractivity contribution in [3.63, 3.8) is 0 Å². The molecule has 2 rings (SSSR count). The van der Waals surface area contributed by atoms with Crippen LogP contribution in [0.2, 0.25) is 0 Å². The Balaban J connectivity index is 2.04. The summed E-state index contributed by atoms with van der Waals surface area (Å²) in [5.74, 6) is -1.31. The van der Waals surface area contributed by atoms with Crippen molar-refractivity contribution in [2.75, 3.05) is 6.54 Å². The first kappa shape index (κ1) is 15.3. The summed E-state index contributed by atoms with van der Waals surface area (Å²) in [4.78, 5) is 24.6. The van der Waals surface area contributed by atoms with Gasteiger partial charge in [-0.1, -0.05) is 12.1 Å². The van der Waals surface area contributed by atoms with Gasteiger partial charge in [-0.3, -0.25) is 0 Å². The molecule has 114 valence electrons. The number of carbonyl (C=O) groups is 2. The predicted octanol–water partition coefficient (Wildman–Crippen LogP) is 2.45. The van der Waals surface area contributed by atoms with Crippen molar-refractivity contribution in [3.05, 3.63) is 35.1 Å². The summed E-state index contributed by atoms with van der Waals surface area (Å²) in [6.07, 6.45) is 1.15. The Bertz CT molecular complexity index is 562. The molecular weight excluding hydrogens is 275 g/mol. The molecule has 1 aromatic rings. The number of aliphatic carboxylic acids is 1. The minimum atomic E-state index is -0.989. The van der Waals surface area contributed by atoms with Crippen LogP contribution in [0, 0.1) is 12.7 Å². The van der Waals surface area contributed by atoms with Crippen LogP contribution in [-0.4, -0.2) is 34.6 Å². The molecule has 1 fully saturated rings. The molecule has 2 N–H and O–H groups in total. The molecule has 2 amide bonds. The molecule has 0 spiro atoms. The number of carbonyl (C=O) groups excluding carboxylic acids is 1. The number of carboxylic acids is 1. The van der Waals surface area contributed by atoms with Crippen LogP contribution in [-0.2, 0) is 4.79 Å². The van der Waals surface area contributed by atoms with Crippen molar-refractivity contribution < 1.29 is 19.1 Å². The summed E-state index contributed by atoms with van der Waals surface area (Å²) >= 11 is 0. The lowest BCUT2D eigenvalue weighted by Gasteiger charge is -2.24. The van der Waals surface area contributed by atoms with E-state index in [4.69, 9.17) is 5.11 Å². The zero-order valence-corrected chi connectivity index (χ0v) is 12.1. The van der Waals surface area contributed by atoms with E-state index in [1.807, 2.05) is 0 Å². The molecule has 2 unspecified atom stereocenters. The first-order valence-electron chi connectivity index (χ1n) is 6.96. The van der Waals surface area contributed by atoms with Crippen LogP contribution in [0.25, 0.3) is 0 Å². The fraction of sp³-hybridized carbons (Fsp3) is 0.467. The highest BCUT2D eigenvalue weighted by molar-refractivity contribution is 5.83. The zero-order valence-electron chi connectivity index (χ0n) is 12.1. The molecule has 1 aliphatic rings. The Morgan fingerprint density at radius 1 is 1.48 bits per heavy atom. The highest BCUT2D eigenvalue weighted by Crippen LogP contribution is 2.20. The van der Waals surface area contributed by atoms with Gasteiger partial charge in [0.2, 0.25) is 0 Å². The van der Waals surface area contributed by atoms with E-state index < -0.39 is 18.0 Å². The van der Waals surface area contributed by atoms with Crippen molar-refractivity contribution in [3.8, 4) is 0 Å². The van der Waals surface area contributed by atoms with Crippen molar-refractivity contribution in [1.29, 1.82) is 0 Å². The van der Waals surface area contributed by atoms with Gasteiger partial charge in [-0.2, -0.15) is 0 Å². The first-order chi connectivity index (χ1) is 9.90. The maximum atomic E-state index is 13.5. The lowest BCUT2D eigenvalue weighted by atomic mass is 10.1. The Hall–Kier alpha value is -2.11. The monoisotopic (exact) mass is 294 g/mol. The number of benzene rings is 1.